The highest BCUT2D eigenvalue weighted by Gasteiger charge is 2.33. The molecule has 0 radical (unpaired) electrons. The van der Waals surface area contributed by atoms with E-state index in [9.17, 15) is 4.79 Å². The van der Waals surface area contributed by atoms with Crippen LogP contribution < -0.4 is 4.74 Å². The number of benzene rings is 4. The molecule has 1 amide bonds. The number of fused-ring (bicyclic) bond motifs is 1. The molecular weight excluding hydrogens is 496 g/mol. The van der Waals surface area contributed by atoms with Gasteiger partial charge in [-0.2, -0.15) is 5.10 Å². The third-order valence-corrected chi connectivity index (χ3v) is 7.37. The van der Waals surface area contributed by atoms with E-state index in [4.69, 9.17) is 14.8 Å². The molecule has 6 nitrogen and oxygen atoms in total. The van der Waals surface area contributed by atoms with Crippen LogP contribution in [0.15, 0.2) is 107 Å². The summed E-state index contributed by atoms with van der Waals surface area (Å²) in [7, 11) is 1.65. The molecule has 0 saturated heterocycles. The van der Waals surface area contributed by atoms with Gasteiger partial charge in [0.2, 0.25) is 5.91 Å². The van der Waals surface area contributed by atoms with Gasteiger partial charge in [-0.3, -0.25) is 9.79 Å². The molecular formula is C34H30N4O2. The number of methoxy groups -OCH3 is 1. The van der Waals surface area contributed by atoms with Crippen LogP contribution in [0.5, 0.6) is 5.75 Å². The minimum absolute atomic E-state index is 0.117. The Morgan fingerprint density at radius 2 is 1.70 bits per heavy atom. The van der Waals surface area contributed by atoms with Crippen molar-refractivity contribution in [3.05, 3.63) is 119 Å². The SMILES string of the molecule is COc1ccccc1C1CC(c2ccccc2N=Cc2c(-c3ccc(C)cc3)[nH]c3ccccc23)=NN1C(C)=O. The number of nitrogens with zero attached hydrogens (tertiary/aromatic N) is 3. The summed E-state index contributed by atoms with van der Waals surface area (Å²) >= 11 is 0. The van der Waals surface area contributed by atoms with Crippen LogP contribution in [0.1, 0.15) is 41.6 Å². The second-order valence-electron chi connectivity index (χ2n) is 9.97. The maximum atomic E-state index is 12.6. The fourth-order valence-electron chi connectivity index (χ4n) is 5.36. The summed E-state index contributed by atoms with van der Waals surface area (Å²) in [5, 5.41) is 7.45. The van der Waals surface area contributed by atoms with Gasteiger partial charge < -0.3 is 9.72 Å². The van der Waals surface area contributed by atoms with Crippen molar-refractivity contribution in [2.24, 2.45) is 10.1 Å². The molecule has 1 aliphatic heterocycles. The van der Waals surface area contributed by atoms with Crippen molar-refractivity contribution in [1.29, 1.82) is 0 Å². The summed E-state index contributed by atoms with van der Waals surface area (Å²) in [6, 6.07) is 32.3. The normalized spacial score (nSPS) is 15.1. The average Bonchev–Trinajstić information content (AvgIpc) is 3.59. The molecule has 1 unspecified atom stereocenters. The highest BCUT2D eigenvalue weighted by molar-refractivity contribution is 6.09. The number of aryl methyl sites for hydroxylation is 1. The summed E-state index contributed by atoms with van der Waals surface area (Å²) in [6.45, 7) is 3.63. The van der Waals surface area contributed by atoms with Gasteiger partial charge in [0, 0.05) is 47.2 Å². The van der Waals surface area contributed by atoms with Crippen molar-refractivity contribution >= 4 is 34.4 Å². The summed E-state index contributed by atoms with van der Waals surface area (Å²) in [5.74, 6) is 0.623. The van der Waals surface area contributed by atoms with Crippen LogP contribution >= 0.6 is 0 Å². The van der Waals surface area contributed by atoms with E-state index in [1.165, 1.54) is 5.56 Å². The van der Waals surface area contributed by atoms with Gasteiger partial charge in [-0.1, -0.05) is 84.4 Å². The molecule has 0 aliphatic carbocycles. The van der Waals surface area contributed by atoms with Crippen LogP contribution in [-0.4, -0.2) is 34.9 Å². The van der Waals surface area contributed by atoms with Crippen molar-refractivity contribution in [3.63, 3.8) is 0 Å². The fraction of sp³-hybridized carbons (Fsp3) is 0.147. The minimum Gasteiger partial charge on any atom is -0.496 e. The number of rotatable bonds is 6. The Labute approximate surface area is 233 Å². The summed E-state index contributed by atoms with van der Waals surface area (Å²) in [5.41, 5.74) is 8.88. The zero-order chi connectivity index (χ0) is 27.6. The van der Waals surface area contributed by atoms with Crippen LogP contribution in [0.4, 0.5) is 5.69 Å². The lowest BCUT2D eigenvalue weighted by atomic mass is 9.97. The van der Waals surface area contributed by atoms with Crippen molar-refractivity contribution in [2.75, 3.05) is 7.11 Å². The molecule has 1 aromatic heterocycles. The monoisotopic (exact) mass is 526 g/mol. The molecule has 198 valence electrons. The van der Waals surface area contributed by atoms with E-state index < -0.39 is 0 Å². The second-order valence-corrected chi connectivity index (χ2v) is 9.97. The van der Waals surface area contributed by atoms with Gasteiger partial charge in [-0.15, -0.1) is 0 Å². The number of carbonyl (C=O) groups is 1. The molecule has 6 heteroatoms. The van der Waals surface area contributed by atoms with E-state index in [0.29, 0.717) is 6.42 Å². The number of aliphatic imine (C=N–C) groups is 1. The number of hydrazone groups is 1. The Morgan fingerprint density at radius 1 is 0.975 bits per heavy atom. The number of nitrogens with one attached hydrogen (secondary N) is 1. The molecule has 6 rings (SSSR count). The van der Waals surface area contributed by atoms with Gasteiger partial charge in [0.15, 0.2) is 0 Å². The van der Waals surface area contributed by atoms with E-state index in [1.807, 2.05) is 66.9 Å². The Kier molecular flexibility index (Phi) is 6.74. The quantitative estimate of drug-likeness (QED) is 0.232. The third-order valence-electron chi connectivity index (χ3n) is 7.37. The number of H-pyrrole nitrogens is 1. The first-order valence-corrected chi connectivity index (χ1v) is 13.3. The van der Waals surface area contributed by atoms with Gasteiger partial charge in [-0.05, 0) is 30.7 Å². The van der Waals surface area contributed by atoms with E-state index >= 15 is 0 Å². The first-order valence-electron chi connectivity index (χ1n) is 13.3. The lowest BCUT2D eigenvalue weighted by Gasteiger charge is -2.22. The second kappa shape index (κ2) is 10.7. The minimum atomic E-state index is -0.248. The number of ether oxygens (including phenoxy) is 1. The smallest absolute Gasteiger partial charge is 0.240 e. The van der Waals surface area contributed by atoms with Crippen molar-refractivity contribution in [3.8, 4) is 17.0 Å². The van der Waals surface area contributed by atoms with Crippen LogP contribution in [0, 0.1) is 6.92 Å². The Hall–Kier alpha value is -4.97. The topological polar surface area (TPSA) is 70.0 Å². The van der Waals surface area contributed by atoms with E-state index in [1.54, 1.807) is 19.0 Å². The van der Waals surface area contributed by atoms with E-state index in [-0.39, 0.29) is 11.9 Å². The number of aromatic amines is 1. The standard InChI is InChI=1S/C34H30N4O2/c1-22-16-18-24(19-17-22)34-28(25-10-4-8-14-30(25)36-34)21-35-29-13-7-5-11-26(29)31-20-32(38(37-31)23(2)39)27-12-6-9-15-33(27)40-3/h4-19,21,32,36H,20H2,1-3H3. The number of para-hydroxylation sites is 3. The van der Waals surface area contributed by atoms with Crippen LogP contribution in [0.2, 0.25) is 0 Å². The van der Waals surface area contributed by atoms with Gasteiger partial charge in [0.1, 0.15) is 5.75 Å². The van der Waals surface area contributed by atoms with Gasteiger partial charge in [0.25, 0.3) is 0 Å². The molecule has 0 fully saturated rings. The molecule has 0 saturated carbocycles. The lowest BCUT2D eigenvalue weighted by Crippen LogP contribution is -2.24. The summed E-state index contributed by atoms with van der Waals surface area (Å²) in [4.78, 5) is 21.2. The van der Waals surface area contributed by atoms with Gasteiger partial charge >= 0.3 is 0 Å². The predicted octanol–water partition coefficient (Wildman–Crippen LogP) is 7.60. The molecule has 2 heterocycles. The number of hydrogen-bond donors (Lipinski definition) is 1. The highest BCUT2D eigenvalue weighted by Crippen LogP contribution is 2.39. The molecule has 5 aromatic rings. The molecule has 1 aliphatic rings. The number of amides is 1. The summed E-state index contributed by atoms with van der Waals surface area (Å²) in [6.07, 6.45) is 2.50. The molecule has 4 aromatic carbocycles. The third kappa shape index (κ3) is 4.69. The van der Waals surface area contributed by atoms with E-state index in [2.05, 4.69) is 48.3 Å². The lowest BCUT2D eigenvalue weighted by molar-refractivity contribution is -0.130. The maximum Gasteiger partial charge on any atom is 0.240 e. The number of hydrogen-bond acceptors (Lipinski definition) is 4. The molecule has 40 heavy (non-hydrogen) atoms. The van der Waals surface area contributed by atoms with Crippen LogP contribution in [0.3, 0.4) is 0 Å². The average molecular weight is 527 g/mol. The van der Waals surface area contributed by atoms with Crippen LogP contribution in [0.25, 0.3) is 22.2 Å². The Balaban J connectivity index is 1.40. The van der Waals surface area contributed by atoms with Crippen LogP contribution in [-0.2, 0) is 4.79 Å². The zero-order valence-electron chi connectivity index (χ0n) is 22.8. The van der Waals surface area contributed by atoms with Gasteiger partial charge in [0.05, 0.1) is 30.2 Å². The fourth-order valence-corrected chi connectivity index (χ4v) is 5.36. The van der Waals surface area contributed by atoms with Crippen molar-refractivity contribution < 1.29 is 9.53 Å². The molecule has 1 N–H and O–H groups in total. The largest absolute Gasteiger partial charge is 0.496 e. The summed E-state index contributed by atoms with van der Waals surface area (Å²) < 4.78 is 5.60. The molecule has 0 spiro atoms. The van der Waals surface area contributed by atoms with Gasteiger partial charge in [-0.25, -0.2) is 5.01 Å². The zero-order valence-corrected chi connectivity index (χ0v) is 22.8. The molecule has 0 bridgehead atoms. The highest BCUT2D eigenvalue weighted by atomic mass is 16.5. The Morgan fingerprint density at radius 3 is 2.50 bits per heavy atom. The molecule has 1 atom stereocenters. The van der Waals surface area contributed by atoms with Crippen molar-refractivity contribution in [2.45, 2.75) is 26.3 Å². The first kappa shape index (κ1) is 25.3. The number of aromatic nitrogens is 1. The first-order chi connectivity index (χ1) is 19.5. The predicted molar refractivity (Wildman–Crippen MR) is 162 cm³/mol. The van der Waals surface area contributed by atoms with Crippen molar-refractivity contribution in [1.82, 2.24) is 9.99 Å². The Bertz CT molecular complexity index is 1760. The number of carbonyl (C=O) groups excluding carboxylic acids is 1. The van der Waals surface area contributed by atoms with E-state index in [0.717, 1.165) is 56.0 Å². The maximum absolute atomic E-state index is 12.6.